The maximum atomic E-state index is 12.5. The van der Waals surface area contributed by atoms with Gasteiger partial charge < -0.3 is 5.32 Å². The summed E-state index contributed by atoms with van der Waals surface area (Å²) in [6.07, 6.45) is 1.73. The van der Waals surface area contributed by atoms with Crippen LogP contribution in [0.4, 0.5) is 5.13 Å². The molecule has 0 radical (unpaired) electrons. The average Bonchev–Trinajstić information content (AvgIpc) is 3.14. The van der Waals surface area contributed by atoms with Gasteiger partial charge in [0.2, 0.25) is 5.91 Å². The molecule has 20 heavy (non-hydrogen) atoms. The van der Waals surface area contributed by atoms with Gasteiger partial charge in [-0.05, 0) is 44.4 Å². The molecule has 5 heteroatoms. The third-order valence-electron chi connectivity index (χ3n) is 3.81. The Hall–Kier alpha value is -1.39. The van der Waals surface area contributed by atoms with Crippen LogP contribution in [0.1, 0.15) is 29.0 Å². The number of rotatable bonds is 3. The van der Waals surface area contributed by atoms with E-state index in [4.69, 9.17) is 11.6 Å². The number of halogens is 1. The van der Waals surface area contributed by atoms with Gasteiger partial charge in [-0.1, -0.05) is 23.7 Å². The highest BCUT2D eigenvalue weighted by Crippen LogP contribution is 2.49. The Bertz CT molecular complexity index is 657. The van der Waals surface area contributed by atoms with E-state index in [2.05, 4.69) is 10.3 Å². The summed E-state index contributed by atoms with van der Waals surface area (Å²) in [5.74, 6) is 0.0218. The van der Waals surface area contributed by atoms with Crippen LogP contribution in [0.5, 0.6) is 0 Å². The van der Waals surface area contributed by atoms with Crippen molar-refractivity contribution in [1.82, 2.24) is 4.98 Å². The number of hydrogen-bond acceptors (Lipinski definition) is 3. The summed E-state index contributed by atoms with van der Waals surface area (Å²) in [7, 11) is 0. The van der Waals surface area contributed by atoms with Crippen LogP contribution >= 0.6 is 22.9 Å². The molecule has 1 N–H and O–H groups in total. The summed E-state index contributed by atoms with van der Waals surface area (Å²) in [5, 5.41) is 4.30. The minimum atomic E-state index is -0.418. The van der Waals surface area contributed by atoms with E-state index in [-0.39, 0.29) is 5.91 Å². The molecule has 0 atom stereocenters. The molecule has 104 valence electrons. The fourth-order valence-electron chi connectivity index (χ4n) is 2.30. The molecule has 2 aromatic rings. The fraction of sp³-hybridized carbons (Fsp3) is 0.333. The largest absolute Gasteiger partial charge is 0.301 e. The van der Waals surface area contributed by atoms with E-state index in [1.807, 2.05) is 38.1 Å². The summed E-state index contributed by atoms with van der Waals surface area (Å²) in [6.45, 7) is 3.96. The minimum Gasteiger partial charge on any atom is -0.301 e. The second-order valence-corrected chi connectivity index (χ2v) is 6.85. The van der Waals surface area contributed by atoms with E-state index in [1.165, 1.54) is 11.3 Å². The lowest BCUT2D eigenvalue weighted by atomic mass is 9.95. The second-order valence-electron chi connectivity index (χ2n) is 5.21. The first kappa shape index (κ1) is 13.6. The number of carbonyl (C=O) groups excluding carboxylic acids is 1. The molecule has 3 rings (SSSR count). The van der Waals surface area contributed by atoms with Crippen LogP contribution in [0.15, 0.2) is 24.3 Å². The van der Waals surface area contributed by atoms with Crippen LogP contribution in [0.2, 0.25) is 5.02 Å². The molecule has 1 aromatic heterocycles. The van der Waals surface area contributed by atoms with Crippen LogP contribution in [-0.2, 0) is 10.2 Å². The summed E-state index contributed by atoms with van der Waals surface area (Å²) in [4.78, 5) is 18.0. The Morgan fingerprint density at radius 1 is 1.40 bits per heavy atom. The van der Waals surface area contributed by atoms with Crippen LogP contribution in [0.3, 0.4) is 0 Å². The van der Waals surface area contributed by atoms with Crippen molar-refractivity contribution in [3.05, 3.63) is 45.4 Å². The average molecular weight is 307 g/mol. The predicted molar refractivity (Wildman–Crippen MR) is 82.6 cm³/mol. The summed E-state index contributed by atoms with van der Waals surface area (Å²) in [6, 6.07) is 7.57. The maximum absolute atomic E-state index is 12.5. The van der Waals surface area contributed by atoms with Gasteiger partial charge in [-0.15, -0.1) is 11.3 Å². The standard InChI is InChI=1S/C15H15ClN2OS/c1-9-10(2)20-14(17-9)18-13(19)15(6-7-15)11-4-3-5-12(16)8-11/h3-5,8H,6-7H2,1-2H3,(H,17,18,19). The molecule has 0 spiro atoms. The molecule has 1 aliphatic carbocycles. The van der Waals surface area contributed by atoms with Gasteiger partial charge in [-0.3, -0.25) is 4.79 Å². The van der Waals surface area contributed by atoms with Gasteiger partial charge in [0.25, 0.3) is 0 Å². The Morgan fingerprint density at radius 3 is 2.70 bits per heavy atom. The lowest BCUT2D eigenvalue weighted by molar-refractivity contribution is -0.118. The topological polar surface area (TPSA) is 42.0 Å². The highest BCUT2D eigenvalue weighted by Gasteiger charge is 2.51. The van der Waals surface area contributed by atoms with E-state index in [9.17, 15) is 4.79 Å². The third kappa shape index (κ3) is 2.34. The van der Waals surface area contributed by atoms with Crippen LogP contribution < -0.4 is 5.32 Å². The number of aryl methyl sites for hydroxylation is 2. The van der Waals surface area contributed by atoms with Gasteiger partial charge in [0.05, 0.1) is 11.1 Å². The van der Waals surface area contributed by atoms with E-state index in [0.717, 1.165) is 29.0 Å². The van der Waals surface area contributed by atoms with Crippen molar-refractivity contribution in [3.8, 4) is 0 Å². The zero-order valence-electron chi connectivity index (χ0n) is 11.4. The molecular formula is C15H15ClN2OS. The smallest absolute Gasteiger partial charge is 0.236 e. The number of anilines is 1. The van der Waals surface area contributed by atoms with Crippen molar-refractivity contribution in [2.75, 3.05) is 5.32 Å². The third-order valence-corrected chi connectivity index (χ3v) is 5.03. The molecule has 1 saturated carbocycles. The van der Waals surface area contributed by atoms with Crippen molar-refractivity contribution in [1.29, 1.82) is 0 Å². The number of nitrogens with one attached hydrogen (secondary N) is 1. The molecule has 1 aromatic carbocycles. The molecule has 3 nitrogen and oxygen atoms in total. The lowest BCUT2D eigenvalue weighted by Gasteiger charge is -2.14. The van der Waals surface area contributed by atoms with Gasteiger partial charge in [-0.25, -0.2) is 4.98 Å². The van der Waals surface area contributed by atoms with Crippen LogP contribution in [-0.4, -0.2) is 10.9 Å². The number of benzene rings is 1. The SMILES string of the molecule is Cc1nc(NC(=O)C2(c3cccc(Cl)c3)CC2)sc1C. The molecule has 0 saturated heterocycles. The van der Waals surface area contributed by atoms with Crippen molar-refractivity contribution in [2.45, 2.75) is 32.1 Å². The van der Waals surface area contributed by atoms with Crippen LogP contribution in [0.25, 0.3) is 0 Å². The quantitative estimate of drug-likeness (QED) is 0.928. The number of hydrogen-bond donors (Lipinski definition) is 1. The highest BCUT2D eigenvalue weighted by molar-refractivity contribution is 7.15. The zero-order valence-corrected chi connectivity index (χ0v) is 12.9. The number of aromatic nitrogens is 1. The maximum Gasteiger partial charge on any atom is 0.236 e. The van der Waals surface area contributed by atoms with E-state index in [0.29, 0.717) is 10.2 Å². The first-order valence-corrected chi connectivity index (χ1v) is 7.72. The fourth-order valence-corrected chi connectivity index (χ4v) is 3.30. The summed E-state index contributed by atoms with van der Waals surface area (Å²) >= 11 is 7.54. The zero-order chi connectivity index (χ0) is 14.3. The molecule has 0 aliphatic heterocycles. The van der Waals surface area contributed by atoms with E-state index >= 15 is 0 Å². The van der Waals surface area contributed by atoms with E-state index < -0.39 is 5.41 Å². The number of nitrogens with zero attached hydrogens (tertiary/aromatic N) is 1. The molecule has 1 aliphatic rings. The van der Waals surface area contributed by atoms with Crippen molar-refractivity contribution >= 4 is 34.0 Å². The Morgan fingerprint density at radius 2 is 2.15 bits per heavy atom. The Kier molecular flexibility index (Phi) is 3.30. The number of carbonyl (C=O) groups is 1. The van der Waals surface area contributed by atoms with Crippen molar-refractivity contribution < 1.29 is 4.79 Å². The first-order chi connectivity index (χ1) is 9.51. The highest BCUT2D eigenvalue weighted by atomic mass is 35.5. The normalized spacial score (nSPS) is 15.9. The minimum absolute atomic E-state index is 0.0218. The Balaban J connectivity index is 1.83. The molecular weight excluding hydrogens is 292 g/mol. The molecule has 1 heterocycles. The van der Waals surface area contributed by atoms with Gasteiger partial charge >= 0.3 is 0 Å². The molecule has 0 bridgehead atoms. The molecule has 0 unspecified atom stereocenters. The predicted octanol–water partition coefficient (Wildman–Crippen LogP) is 4.08. The van der Waals surface area contributed by atoms with Crippen LogP contribution in [0, 0.1) is 13.8 Å². The van der Waals surface area contributed by atoms with Gasteiger partial charge in [0, 0.05) is 9.90 Å². The second kappa shape index (κ2) is 4.86. The van der Waals surface area contributed by atoms with Gasteiger partial charge in [0.1, 0.15) is 0 Å². The van der Waals surface area contributed by atoms with Gasteiger partial charge in [-0.2, -0.15) is 0 Å². The summed E-state index contributed by atoms with van der Waals surface area (Å²) in [5.41, 5.74) is 1.55. The number of amides is 1. The van der Waals surface area contributed by atoms with Crippen molar-refractivity contribution in [3.63, 3.8) is 0 Å². The molecule has 1 amide bonds. The monoisotopic (exact) mass is 306 g/mol. The van der Waals surface area contributed by atoms with E-state index in [1.54, 1.807) is 0 Å². The van der Waals surface area contributed by atoms with Crippen molar-refractivity contribution in [2.24, 2.45) is 0 Å². The number of thiazole rings is 1. The lowest BCUT2D eigenvalue weighted by Crippen LogP contribution is -2.27. The first-order valence-electron chi connectivity index (χ1n) is 6.53. The summed E-state index contributed by atoms with van der Waals surface area (Å²) < 4.78 is 0. The van der Waals surface area contributed by atoms with Gasteiger partial charge in [0.15, 0.2) is 5.13 Å². The molecule has 1 fully saturated rings. The Labute approximate surface area is 127 Å².